The summed E-state index contributed by atoms with van der Waals surface area (Å²) in [5, 5.41) is 2.47. The molecule has 7 heteroatoms. The van der Waals surface area contributed by atoms with E-state index in [1.165, 1.54) is 13.0 Å². The average molecular weight is 300 g/mol. The zero-order valence-electron chi connectivity index (χ0n) is 11.8. The van der Waals surface area contributed by atoms with Gasteiger partial charge in [0, 0.05) is 19.4 Å². The smallest absolute Gasteiger partial charge is 0.420 e. The molecule has 0 bridgehead atoms. The molecule has 21 heavy (non-hydrogen) atoms. The third-order valence-electron chi connectivity index (χ3n) is 2.91. The van der Waals surface area contributed by atoms with Crippen molar-refractivity contribution in [2.24, 2.45) is 0 Å². The predicted molar refractivity (Wildman–Crippen MR) is 70.6 cm³/mol. The van der Waals surface area contributed by atoms with Crippen molar-refractivity contribution in [1.82, 2.24) is 10.3 Å². The Kier molecular flexibility index (Phi) is 3.93. The number of nitrogens with zero attached hydrogens (tertiary/aromatic N) is 1. The fourth-order valence-corrected chi connectivity index (χ4v) is 1.89. The summed E-state index contributed by atoms with van der Waals surface area (Å²) in [6, 6.07) is 2.48. The first kappa shape index (κ1) is 15.3. The highest BCUT2D eigenvalue weighted by molar-refractivity contribution is 5.78. The van der Waals surface area contributed by atoms with E-state index in [-0.39, 0.29) is 35.4 Å². The van der Waals surface area contributed by atoms with Gasteiger partial charge in [0.15, 0.2) is 11.5 Å². The second kappa shape index (κ2) is 5.38. The quantitative estimate of drug-likeness (QED) is 0.942. The molecule has 0 fully saturated rings. The van der Waals surface area contributed by atoms with Crippen molar-refractivity contribution in [3.8, 4) is 0 Å². The van der Waals surface area contributed by atoms with E-state index in [0.717, 1.165) is 6.07 Å². The first-order valence-electron chi connectivity index (χ1n) is 6.43. The van der Waals surface area contributed by atoms with E-state index in [2.05, 4.69) is 10.3 Å². The fourth-order valence-electron chi connectivity index (χ4n) is 1.89. The van der Waals surface area contributed by atoms with Crippen LogP contribution in [0.1, 0.15) is 43.7 Å². The Labute approximate surface area is 119 Å². The highest BCUT2D eigenvalue weighted by atomic mass is 19.4. The molecule has 0 aliphatic carbocycles. The van der Waals surface area contributed by atoms with Crippen molar-refractivity contribution in [1.29, 1.82) is 0 Å². The number of nitrogens with one attached hydrogen (secondary N) is 1. The minimum atomic E-state index is -4.54. The highest BCUT2D eigenvalue weighted by Gasteiger charge is 2.35. The van der Waals surface area contributed by atoms with Crippen molar-refractivity contribution < 1.29 is 22.4 Å². The predicted octanol–water partition coefficient (Wildman–Crippen LogP) is 3.61. The van der Waals surface area contributed by atoms with Crippen LogP contribution in [0.2, 0.25) is 0 Å². The summed E-state index contributed by atoms with van der Waals surface area (Å²) in [5.41, 5.74) is -0.667. The molecule has 114 valence electrons. The topological polar surface area (TPSA) is 55.1 Å². The number of hydrogen-bond donors (Lipinski definition) is 1. The zero-order chi connectivity index (χ0) is 15.8. The molecule has 1 aromatic carbocycles. The number of rotatable bonds is 3. The van der Waals surface area contributed by atoms with Gasteiger partial charge in [0.05, 0.1) is 0 Å². The van der Waals surface area contributed by atoms with Crippen molar-refractivity contribution in [3.63, 3.8) is 0 Å². The lowest BCUT2D eigenvalue weighted by molar-refractivity contribution is -0.136. The number of oxazole rings is 1. The van der Waals surface area contributed by atoms with Crippen molar-refractivity contribution >= 4 is 17.0 Å². The van der Waals surface area contributed by atoms with Crippen LogP contribution in [0.15, 0.2) is 16.5 Å². The van der Waals surface area contributed by atoms with Gasteiger partial charge in [0.1, 0.15) is 11.1 Å². The second-order valence-electron chi connectivity index (χ2n) is 5.11. The summed E-state index contributed by atoms with van der Waals surface area (Å²) in [4.78, 5) is 15.0. The lowest BCUT2D eigenvalue weighted by Crippen LogP contribution is -2.19. The molecule has 1 aromatic heterocycles. The summed E-state index contributed by atoms with van der Waals surface area (Å²) < 4.78 is 44.6. The first-order valence-corrected chi connectivity index (χ1v) is 6.43. The Morgan fingerprint density at radius 1 is 1.38 bits per heavy atom. The number of amides is 1. The number of aromatic nitrogens is 1. The molecule has 0 saturated carbocycles. The van der Waals surface area contributed by atoms with Gasteiger partial charge in [-0.3, -0.25) is 4.79 Å². The van der Waals surface area contributed by atoms with Gasteiger partial charge in [-0.15, -0.1) is 0 Å². The van der Waals surface area contributed by atoms with Crippen LogP contribution >= 0.6 is 0 Å². The summed E-state index contributed by atoms with van der Waals surface area (Å²) >= 11 is 0. The Morgan fingerprint density at radius 2 is 2.05 bits per heavy atom. The van der Waals surface area contributed by atoms with Crippen LogP contribution < -0.4 is 5.32 Å². The Morgan fingerprint density at radius 3 is 2.57 bits per heavy atom. The number of alkyl halides is 3. The molecular formula is C14H15F3N2O2. The van der Waals surface area contributed by atoms with E-state index >= 15 is 0 Å². The van der Waals surface area contributed by atoms with Gasteiger partial charge in [0.2, 0.25) is 5.91 Å². The van der Waals surface area contributed by atoms with E-state index in [1.807, 2.05) is 0 Å². The maximum absolute atomic E-state index is 13.1. The molecule has 4 nitrogen and oxygen atoms in total. The SMILES string of the molecule is CC(=O)NCc1cc(C(F)(F)F)c2oc(C(C)C)nc2c1. The molecule has 0 unspecified atom stereocenters. The van der Waals surface area contributed by atoms with Crippen molar-refractivity contribution in [2.75, 3.05) is 0 Å². The Balaban J connectivity index is 2.56. The Bertz CT molecular complexity index is 675. The molecular weight excluding hydrogens is 285 g/mol. The Hall–Kier alpha value is -2.05. The van der Waals surface area contributed by atoms with Gasteiger partial charge in [-0.25, -0.2) is 4.98 Å². The lowest BCUT2D eigenvalue weighted by atomic mass is 10.1. The van der Waals surface area contributed by atoms with Gasteiger partial charge in [-0.2, -0.15) is 13.2 Å². The van der Waals surface area contributed by atoms with Gasteiger partial charge in [0.25, 0.3) is 0 Å². The van der Waals surface area contributed by atoms with E-state index in [4.69, 9.17) is 4.42 Å². The van der Waals surface area contributed by atoms with Crippen molar-refractivity contribution in [2.45, 2.75) is 39.4 Å². The van der Waals surface area contributed by atoms with Crippen LogP contribution in [0.4, 0.5) is 13.2 Å². The molecule has 0 saturated heterocycles. The fraction of sp³-hybridized carbons (Fsp3) is 0.429. The van der Waals surface area contributed by atoms with Crippen LogP contribution in [-0.2, 0) is 17.5 Å². The van der Waals surface area contributed by atoms with Gasteiger partial charge >= 0.3 is 6.18 Å². The van der Waals surface area contributed by atoms with E-state index < -0.39 is 11.7 Å². The number of benzene rings is 1. The van der Waals surface area contributed by atoms with Crippen LogP contribution in [-0.4, -0.2) is 10.9 Å². The minimum absolute atomic E-state index is 0.0121. The van der Waals surface area contributed by atoms with Crippen LogP contribution in [0.5, 0.6) is 0 Å². The minimum Gasteiger partial charge on any atom is -0.440 e. The van der Waals surface area contributed by atoms with E-state index in [0.29, 0.717) is 5.56 Å². The summed E-state index contributed by atoms with van der Waals surface area (Å²) in [5.74, 6) is -0.170. The van der Waals surface area contributed by atoms with Gasteiger partial charge < -0.3 is 9.73 Å². The molecule has 2 aromatic rings. The summed E-state index contributed by atoms with van der Waals surface area (Å²) in [6.45, 7) is 4.89. The number of carbonyl (C=O) groups is 1. The second-order valence-corrected chi connectivity index (χ2v) is 5.11. The largest absolute Gasteiger partial charge is 0.440 e. The third kappa shape index (κ3) is 3.34. The third-order valence-corrected chi connectivity index (χ3v) is 2.91. The van der Waals surface area contributed by atoms with Gasteiger partial charge in [-0.1, -0.05) is 13.8 Å². The average Bonchev–Trinajstić information content (AvgIpc) is 2.77. The van der Waals surface area contributed by atoms with Gasteiger partial charge in [-0.05, 0) is 17.7 Å². The molecule has 0 spiro atoms. The maximum atomic E-state index is 13.1. The number of carbonyl (C=O) groups excluding carboxylic acids is 1. The number of halogens is 3. The highest BCUT2D eigenvalue weighted by Crippen LogP contribution is 2.37. The maximum Gasteiger partial charge on any atom is 0.420 e. The molecule has 1 N–H and O–H groups in total. The molecule has 1 amide bonds. The molecule has 0 aliphatic rings. The van der Waals surface area contributed by atoms with Crippen molar-refractivity contribution in [3.05, 3.63) is 29.2 Å². The lowest BCUT2D eigenvalue weighted by Gasteiger charge is -2.09. The normalized spacial score (nSPS) is 12.1. The number of hydrogen-bond acceptors (Lipinski definition) is 3. The van der Waals surface area contributed by atoms with Crippen LogP contribution in [0.25, 0.3) is 11.1 Å². The summed E-state index contributed by atoms with van der Waals surface area (Å²) in [6.07, 6.45) is -4.54. The molecule has 1 heterocycles. The van der Waals surface area contributed by atoms with E-state index in [9.17, 15) is 18.0 Å². The molecule has 0 radical (unpaired) electrons. The first-order chi connectivity index (χ1) is 9.68. The van der Waals surface area contributed by atoms with Crippen LogP contribution in [0.3, 0.4) is 0 Å². The molecule has 0 atom stereocenters. The number of fused-ring (bicyclic) bond motifs is 1. The molecule has 0 aliphatic heterocycles. The van der Waals surface area contributed by atoms with E-state index in [1.54, 1.807) is 13.8 Å². The van der Waals surface area contributed by atoms with Crippen LogP contribution in [0, 0.1) is 0 Å². The monoisotopic (exact) mass is 300 g/mol. The molecule has 2 rings (SSSR count). The summed E-state index contributed by atoms with van der Waals surface area (Å²) in [7, 11) is 0. The standard InChI is InChI=1S/C14H15F3N2O2/c1-7(2)13-19-11-5-9(6-18-8(3)20)4-10(12(11)21-13)14(15,16)17/h4-5,7H,6H2,1-3H3,(H,18,20). The zero-order valence-corrected chi connectivity index (χ0v) is 11.8.